The van der Waals surface area contributed by atoms with E-state index in [0.717, 1.165) is 0 Å². The van der Waals surface area contributed by atoms with Crippen LogP contribution in [0.2, 0.25) is 0 Å². The first-order chi connectivity index (χ1) is 14.8. The zero-order valence-corrected chi connectivity index (χ0v) is 18.7. The summed E-state index contributed by atoms with van der Waals surface area (Å²) in [7, 11) is 0. The van der Waals surface area contributed by atoms with E-state index >= 15 is 0 Å². The number of rotatable bonds is 10. The quantitative estimate of drug-likeness (QED) is 0.533. The van der Waals surface area contributed by atoms with Gasteiger partial charge in [-0.1, -0.05) is 19.9 Å². The number of hydrogen-bond donors (Lipinski definition) is 3. The van der Waals surface area contributed by atoms with Crippen LogP contribution in [0.15, 0.2) is 48.5 Å². The molecule has 0 atom stereocenters. The second-order valence-corrected chi connectivity index (χ2v) is 7.68. The van der Waals surface area contributed by atoms with Gasteiger partial charge in [-0.05, 0) is 62.2 Å². The van der Waals surface area contributed by atoms with Crippen molar-refractivity contribution in [1.29, 1.82) is 0 Å². The Labute approximate surface area is 184 Å². The molecule has 0 heterocycles. The second-order valence-electron chi connectivity index (χ2n) is 7.68. The molecule has 0 aliphatic rings. The van der Waals surface area contributed by atoms with Gasteiger partial charge in [-0.25, -0.2) is 0 Å². The topological polar surface area (TPSA) is 90.5 Å². The minimum atomic E-state index is -0.211. The minimum absolute atomic E-state index is 0.0290. The second kappa shape index (κ2) is 11.7. The van der Waals surface area contributed by atoms with Crippen LogP contribution >= 0.6 is 0 Å². The molecule has 2 rings (SSSR count). The van der Waals surface area contributed by atoms with Crippen LogP contribution in [0.25, 0.3) is 0 Å². The van der Waals surface area contributed by atoms with E-state index < -0.39 is 0 Å². The van der Waals surface area contributed by atoms with E-state index in [1.807, 2.05) is 33.8 Å². The van der Waals surface area contributed by atoms with E-state index in [0.29, 0.717) is 48.1 Å². The van der Waals surface area contributed by atoms with Crippen molar-refractivity contribution in [3.05, 3.63) is 54.1 Å². The van der Waals surface area contributed by atoms with E-state index in [9.17, 15) is 14.4 Å². The molecular formula is C24H32N4O3. The van der Waals surface area contributed by atoms with Gasteiger partial charge in [0, 0.05) is 42.1 Å². The van der Waals surface area contributed by atoms with E-state index in [2.05, 4.69) is 16.0 Å². The molecule has 31 heavy (non-hydrogen) atoms. The number of nitrogens with zero attached hydrogens (tertiary/aromatic N) is 1. The highest BCUT2D eigenvalue weighted by Crippen LogP contribution is 2.15. The van der Waals surface area contributed by atoms with E-state index in [1.165, 1.54) is 0 Å². The molecule has 2 aromatic carbocycles. The molecule has 0 saturated heterocycles. The molecule has 3 N–H and O–H groups in total. The molecule has 0 spiro atoms. The molecule has 3 amide bonds. The average molecular weight is 425 g/mol. The molecule has 0 saturated carbocycles. The standard InChI is InChI=1S/C24H32N4O3/c1-5-28(6-2)24(31)18-8-7-9-21(15-18)25-16-23(30)27-20-12-10-19(11-13-20)26-22(29)14-17(3)4/h7-13,15,17,25H,5-6,14,16H2,1-4H3,(H,26,29)(H,27,30). The Hall–Kier alpha value is -3.35. The van der Waals surface area contributed by atoms with Gasteiger partial charge in [0.05, 0.1) is 6.54 Å². The van der Waals surface area contributed by atoms with Gasteiger partial charge in [0.2, 0.25) is 11.8 Å². The maximum atomic E-state index is 12.5. The van der Waals surface area contributed by atoms with Gasteiger partial charge in [-0.2, -0.15) is 0 Å². The summed E-state index contributed by atoms with van der Waals surface area (Å²) in [6.07, 6.45) is 0.464. The van der Waals surface area contributed by atoms with Crippen molar-refractivity contribution in [2.24, 2.45) is 5.92 Å². The highest BCUT2D eigenvalue weighted by molar-refractivity contribution is 5.96. The SMILES string of the molecule is CCN(CC)C(=O)c1cccc(NCC(=O)Nc2ccc(NC(=O)CC(C)C)cc2)c1. The lowest BCUT2D eigenvalue weighted by atomic mass is 10.1. The van der Waals surface area contributed by atoms with Crippen LogP contribution in [0.4, 0.5) is 17.1 Å². The van der Waals surface area contributed by atoms with Crippen molar-refractivity contribution in [2.45, 2.75) is 34.1 Å². The summed E-state index contributed by atoms with van der Waals surface area (Å²) in [4.78, 5) is 38.3. The first-order valence-corrected chi connectivity index (χ1v) is 10.6. The van der Waals surface area contributed by atoms with Gasteiger partial charge in [0.15, 0.2) is 0 Å². The molecule has 0 unspecified atom stereocenters. The highest BCUT2D eigenvalue weighted by atomic mass is 16.2. The number of carbonyl (C=O) groups is 3. The first kappa shape index (κ1) is 23.9. The van der Waals surface area contributed by atoms with E-state index in [1.54, 1.807) is 47.4 Å². The van der Waals surface area contributed by atoms with Crippen molar-refractivity contribution in [3.63, 3.8) is 0 Å². The molecule has 7 nitrogen and oxygen atoms in total. The molecule has 166 valence electrons. The first-order valence-electron chi connectivity index (χ1n) is 10.6. The van der Waals surface area contributed by atoms with Crippen LogP contribution in [-0.4, -0.2) is 42.3 Å². The Morgan fingerprint density at radius 3 is 1.97 bits per heavy atom. The molecule has 0 aromatic heterocycles. The Balaban J connectivity index is 1.87. The molecule has 0 radical (unpaired) electrons. The molecule has 0 aliphatic heterocycles. The predicted octanol–water partition coefficient (Wildman–Crippen LogP) is 4.20. The summed E-state index contributed by atoms with van der Waals surface area (Å²) in [6, 6.07) is 14.1. The number of anilines is 3. The fraction of sp³-hybridized carbons (Fsp3) is 0.375. The lowest BCUT2D eigenvalue weighted by Gasteiger charge is -2.19. The van der Waals surface area contributed by atoms with Gasteiger partial charge >= 0.3 is 0 Å². The van der Waals surface area contributed by atoms with Crippen LogP contribution in [-0.2, 0) is 9.59 Å². The summed E-state index contributed by atoms with van der Waals surface area (Å²) < 4.78 is 0. The van der Waals surface area contributed by atoms with Crippen LogP contribution < -0.4 is 16.0 Å². The normalized spacial score (nSPS) is 10.5. The average Bonchev–Trinajstić information content (AvgIpc) is 2.74. The fourth-order valence-corrected chi connectivity index (χ4v) is 3.06. The van der Waals surface area contributed by atoms with Crippen molar-refractivity contribution in [3.8, 4) is 0 Å². The molecule has 0 fully saturated rings. The van der Waals surface area contributed by atoms with Gasteiger partial charge in [-0.15, -0.1) is 0 Å². The Kier molecular flexibility index (Phi) is 9.06. The summed E-state index contributed by atoms with van der Waals surface area (Å²) in [5, 5.41) is 8.70. The van der Waals surface area contributed by atoms with Crippen LogP contribution in [0.5, 0.6) is 0 Å². The van der Waals surface area contributed by atoms with Crippen molar-refractivity contribution < 1.29 is 14.4 Å². The van der Waals surface area contributed by atoms with E-state index in [-0.39, 0.29) is 24.3 Å². The Morgan fingerprint density at radius 2 is 1.42 bits per heavy atom. The summed E-state index contributed by atoms with van der Waals surface area (Å²) in [5.41, 5.74) is 2.62. The van der Waals surface area contributed by atoms with Crippen LogP contribution in [0.3, 0.4) is 0 Å². The lowest BCUT2D eigenvalue weighted by molar-refractivity contribution is -0.117. The van der Waals surface area contributed by atoms with Gasteiger partial charge in [0.25, 0.3) is 5.91 Å². The molecule has 7 heteroatoms. The number of benzene rings is 2. The molecule has 0 aliphatic carbocycles. The number of nitrogens with one attached hydrogen (secondary N) is 3. The Bertz CT molecular complexity index is 890. The van der Waals surface area contributed by atoms with Crippen LogP contribution in [0, 0.1) is 5.92 Å². The zero-order chi connectivity index (χ0) is 22.8. The number of hydrogen-bond acceptors (Lipinski definition) is 4. The van der Waals surface area contributed by atoms with Crippen molar-refractivity contribution in [2.75, 3.05) is 35.6 Å². The molecule has 0 bridgehead atoms. The third kappa shape index (κ3) is 7.77. The summed E-state index contributed by atoms with van der Waals surface area (Å²) in [5.74, 6) is 0.0236. The largest absolute Gasteiger partial charge is 0.376 e. The third-order valence-corrected chi connectivity index (χ3v) is 4.66. The van der Waals surface area contributed by atoms with Crippen molar-refractivity contribution in [1.82, 2.24) is 4.90 Å². The van der Waals surface area contributed by atoms with E-state index in [4.69, 9.17) is 0 Å². The summed E-state index contributed by atoms with van der Waals surface area (Å²) >= 11 is 0. The monoisotopic (exact) mass is 424 g/mol. The fourth-order valence-electron chi connectivity index (χ4n) is 3.06. The number of carbonyl (C=O) groups excluding carboxylic acids is 3. The maximum Gasteiger partial charge on any atom is 0.253 e. The van der Waals surface area contributed by atoms with Gasteiger partial charge < -0.3 is 20.9 Å². The minimum Gasteiger partial charge on any atom is -0.376 e. The zero-order valence-electron chi connectivity index (χ0n) is 18.7. The summed E-state index contributed by atoms with van der Waals surface area (Å²) in [6.45, 7) is 9.23. The van der Waals surface area contributed by atoms with Gasteiger partial charge in [-0.3, -0.25) is 14.4 Å². The third-order valence-electron chi connectivity index (χ3n) is 4.66. The number of amides is 3. The lowest BCUT2D eigenvalue weighted by Crippen LogP contribution is -2.30. The van der Waals surface area contributed by atoms with Crippen LogP contribution in [0.1, 0.15) is 44.5 Å². The van der Waals surface area contributed by atoms with Gasteiger partial charge in [0.1, 0.15) is 0 Å². The highest BCUT2D eigenvalue weighted by Gasteiger charge is 2.13. The molecule has 2 aromatic rings. The van der Waals surface area contributed by atoms with Crippen molar-refractivity contribution >= 4 is 34.8 Å². The Morgan fingerprint density at radius 1 is 0.839 bits per heavy atom. The smallest absolute Gasteiger partial charge is 0.253 e. The molecular weight excluding hydrogens is 392 g/mol. The maximum absolute atomic E-state index is 12.5. The predicted molar refractivity (Wildman–Crippen MR) is 125 cm³/mol.